The normalized spacial score (nSPS) is 27.4. The van der Waals surface area contributed by atoms with Crippen molar-refractivity contribution < 1.29 is 0 Å². The van der Waals surface area contributed by atoms with Crippen molar-refractivity contribution >= 4 is 0 Å². The Morgan fingerprint density at radius 1 is 1.12 bits per heavy atom. The zero-order chi connectivity index (χ0) is 11.7. The summed E-state index contributed by atoms with van der Waals surface area (Å²) in [6.07, 6.45) is 8.12. The van der Waals surface area contributed by atoms with Crippen molar-refractivity contribution in [2.24, 2.45) is 5.92 Å². The maximum absolute atomic E-state index is 3.74. The monoisotopic (exact) mass is 229 g/mol. The average molecular weight is 229 g/mol. The molecule has 0 saturated heterocycles. The van der Waals surface area contributed by atoms with Crippen molar-refractivity contribution in [1.29, 1.82) is 0 Å². The van der Waals surface area contributed by atoms with Crippen molar-refractivity contribution in [1.82, 2.24) is 5.32 Å². The summed E-state index contributed by atoms with van der Waals surface area (Å²) < 4.78 is 0. The fourth-order valence-electron chi connectivity index (χ4n) is 3.43. The van der Waals surface area contributed by atoms with Crippen molar-refractivity contribution in [3.05, 3.63) is 34.9 Å². The molecule has 1 aromatic rings. The van der Waals surface area contributed by atoms with Gasteiger partial charge in [0.1, 0.15) is 0 Å². The van der Waals surface area contributed by atoms with E-state index in [0.717, 1.165) is 18.5 Å². The number of aryl methyl sites for hydroxylation is 2. The van der Waals surface area contributed by atoms with Crippen LogP contribution >= 0.6 is 0 Å². The van der Waals surface area contributed by atoms with E-state index in [9.17, 15) is 0 Å². The molecule has 0 heterocycles. The largest absolute Gasteiger partial charge is 0.310 e. The predicted molar refractivity (Wildman–Crippen MR) is 72.1 cm³/mol. The Bertz CT molecular complexity index is 397. The SMILES string of the molecule is CC1CCCC1NCc1ccc2c(c1)CCC2. The molecule has 3 rings (SSSR count). The summed E-state index contributed by atoms with van der Waals surface area (Å²) in [4.78, 5) is 0. The highest BCUT2D eigenvalue weighted by Gasteiger charge is 2.22. The van der Waals surface area contributed by atoms with Gasteiger partial charge in [-0.15, -0.1) is 0 Å². The highest BCUT2D eigenvalue weighted by molar-refractivity contribution is 5.35. The van der Waals surface area contributed by atoms with E-state index in [1.165, 1.54) is 44.1 Å². The molecular formula is C16H23N. The molecule has 1 fully saturated rings. The summed E-state index contributed by atoms with van der Waals surface area (Å²) >= 11 is 0. The fraction of sp³-hybridized carbons (Fsp3) is 0.625. The zero-order valence-corrected chi connectivity index (χ0v) is 10.8. The molecule has 0 amide bonds. The Balaban J connectivity index is 1.61. The smallest absolute Gasteiger partial charge is 0.0208 e. The summed E-state index contributed by atoms with van der Waals surface area (Å²) in [6.45, 7) is 3.44. The third kappa shape index (κ3) is 2.40. The van der Waals surface area contributed by atoms with Crippen LogP contribution in [0, 0.1) is 5.92 Å². The van der Waals surface area contributed by atoms with Gasteiger partial charge in [-0.3, -0.25) is 0 Å². The summed E-state index contributed by atoms with van der Waals surface area (Å²) in [6, 6.07) is 7.84. The number of hydrogen-bond acceptors (Lipinski definition) is 1. The van der Waals surface area contributed by atoms with Crippen LogP contribution in [0.25, 0.3) is 0 Å². The van der Waals surface area contributed by atoms with Gasteiger partial charge in [0.25, 0.3) is 0 Å². The Labute approximate surface area is 105 Å². The van der Waals surface area contributed by atoms with Gasteiger partial charge in [0.05, 0.1) is 0 Å². The van der Waals surface area contributed by atoms with Crippen LogP contribution in [0.1, 0.15) is 49.3 Å². The molecule has 92 valence electrons. The average Bonchev–Trinajstić information content (AvgIpc) is 2.94. The van der Waals surface area contributed by atoms with Crippen molar-refractivity contribution in [2.45, 2.75) is 58.0 Å². The van der Waals surface area contributed by atoms with E-state index in [0.29, 0.717) is 0 Å². The van der Waals surface area contributed by atoms with Crippen LogP contribution < -0.4 is 5.32 Å². The maximum atomic E-state index is 3.74. The number of fused-ring (bicyclic) bond motifs is 1. The van der Waals surface area contributed by atoms with Gasteiger partial charge in [-0.1, -0.05) is 31.5 Å². The first kappa shape index (κ1) is 11.3. The van der Waals surface area contributed by atoms with E-state index in [4.69, 9.17) is 0 Å². The Morgan fingerprint density at radius 2 is 2.00 bits per heavy atom. The molecular weight excluding hydrogens is 206 g/mol. The van der Waals surface area contributed by atoms with Crippen molar-refractivity contribution in [2.75, 3.05) is 0 Å². The van der Waals surface area contributed by atoms with E-state index < -0.39 is 0 Å². The second-order valence-electron chi connectivity index (χ2n) is 5.85. The molecule has 0 bridgehead atoms. The molecule has 2 aliphatic carbocycles. The molecule has 17 heavy (non-hydrogen) atoms. The van der Waals surface area contributed by atoms with Crippen molar-refractivity contribution in [3.8, 4) is 0 Å². The lowest BCUT2D eigenvalue weighted by Gasteiger charge is -2.17. The lowest BCUT2D eigenvalue weighted by Crippen LogP contribution is -2.30. The summed E-state index contributed by atoms with van der Waals surface area (Å²) in [7, 11) is 0. The molecule has 1 aromatic carbocycles. The minimum absolute atomic E-state index is 0.753. The summed E-state index contributed by atoms with van der Waals surface area (Å²) in [5, 5.41) is 3.74. The minimum Gasteiger partial charge on any atom is -0.310 e. The van der Waals surface area contributed by atoms with Gasteiger partial charge in [0, 0.05) is 12.6 Å². The van der Waals surface area contributed by atoms with Crippen LogP contribution in [0.5, 0.6) is 0 Å². The highest BCUT2D eigenvalue weighted by atomic mass is 14.9. The molecule has 1 nitrogen and oxygen atoms in total. The number of hydrogen-bond donors (Lipinski definition) is 1. The molecule has 2 aliphatic rings. The second kappa shape index (κ2) is 4.81. The van der Waals surface area contributed by atoms with Crippen LogP contribution in [0.2, 0.25) is 0 Å². The molecule has 0 spiro atoms. The third-order valence-electron chi connectivity index (χ3n) is 4.59. The standard InChI is InChI=1S/C16H23N/c1-12-4-2-7-16(12)17-11-13-8-9-14-5-3-6-15(14)10-13/h8-10,12,16-17H,2-7,11H2,1H3. The first-order chi connectivity index (χ1) is 8.33. The Hall–Kier alpha value is -0.820. The molecule has 0 aromatic heterocycles. The zero-order valence-electron chi connectivity index (χ0n) is 10.8. The molecule has 1 saturated carbocycles. The first-order valence-electron chi connectivity index (χ1n) is 7.17. The van der Waals surface area contributed by atoms with E-state index in [1.807, 2.05) is 0 Å². The van der Waals surface area contributed by atoms with Gasteiger partial charge in [-0.25, -0.2) is 0 Å². The van der Waals surface area contributed by atoms with Gasteiger partial charge >= 0.3 is 0 Å². The Kier molecular flexibility index (Phi) is 3.19. The first-order valence-corrected chi connectivity index (χ1v) is 7.17. The molecule has 2 unspecified atom stereocenters. The van der Waals surface area contributed by atoms with Crippen molar-refractivity contribution in [3.63, 3.8) is 0 Å². The van der Waals surface area contributed by atoms with Gasteiger partial charge in [-0.2, -0.15) is 0 Å². The lowest BCUT2D eigenvalue weighted by molar-refractivity contribution is 0.426. The van der Waals surface area contributed by atoms with E-state index in [-0.39, 0.29) is 0 Å². The predicted octanol–water partition coefficient (Wildman–Crippen LogP) is 3.45. The molecule has 0 radical (unpaired) electrons. The highest BCUT2D eigenvalue weighted by Crippen LogP contribution is 2.26. The molecule has 1 heteroatoms. The van der Waals surface area contributed by atoms with Crippen LogP contribution in [0.4, 0.5) is 0 Å². The number of nitrogens with one attached hydrogen (secondary N) is 1. The van der Waals surface area contributed by atoms with E-state index in [1.54, 1.807) is 11.1 Å². The number of benzene rings is 1. The molecule has 1 N–H and O–H groups in total. The van der Waals surface area contributed by atoms with E-state index in [2.05, 4.69) is 30.4 Å². The maximum Gasteiger partial charge on any atom is 0.0208 e. The van der Waals surface area contributed by atoms with Crippen LogP contribution in [0.3, 0.4) is 0 Å². The Morgan fingerprint density at radius 3 is 2.82 bits per heavy atom. The van der Waals surface area contributed by atoms with Gasteiger partial charge in [0.2, 0.25) is 0 Å². The number of rotatable bonds is 3. The van der Waals surface area contributed by atoms with Gasteiger partial charge in [0.15, 0.2) is 0 Å². The van der Waals surface area contributed by atoms with Crippen LogP contribution in [-0.2, 0) is 19.4 Å². The van der Waals surface area contributed by atoms with Crippen LogP contribution in [0.15, 0.2) is 18.2 Å². The second-order valence-corrected chi connectivity index (χ2v) is 5.85. The fourth-order valence-corrected chi connectivity index (χ4v) is 3.43. The van der Waals surface area contributed by atoms with Gasteiger partial charge < -0.3 is 5.32 Å². The van der Waals surface area contributed by atoms with Crippen LogP contribution in [-0.4, -0.2) is 6.04 Å². The van der Waals surface area contributed by atoms with E-state index >= 15 is 0 Å². The van der Waals surface area contributed by atoms with Gasteiger partial charge in [-0.05, 0) is 54.7 Å². The topological polar surface area (TPSA) is 12.0 Å². The summed E-state index contributed by atoms with van der Waals surface area (Å²) in [5.74, 6) is 0.865. The molecule has 2 atom stereocenters. The quantitative estimate of drug-likeness (QED) is 0.837. The lowest BCUT2D eigenvalue weighted by atomic mass is 10.0. The third-order valence-corrected chi connectivity index (χ3v) is 4.59. The molecule has 0 aliphatic heterocycles. The minimum atomic E-state index is 0.753. The summed E-state index contributed by atoms with van der Waals surface area (Å²) in [5.41, 5.74) is 4.66.